The summed E-state index contributed by atoms with van der Waals surface area (Å²) in [5.74, 6) is -0.973. The summed E-state index contributed by atoms with van der Waals surface area (Å²) in [4.78, 5) is 19.7. The highest BCUT2D eigenvalue weighted by molar-refractivity contribution is 5.87. The number of hydrogen-bond acceptors (Lipinski definition) is 3. The highest BCUT2D eigenvalue weighted by Gasteiger charge is 2.36. The summed E-state index contributed by atoms with van der Waals surface area (Å²) in [5.41, 5.74) is 3.45. The number of hydrogen-bond donors (Lipinski definition) is 1. The number of amides is 1. The number of nitrogens with one attached hydrogen (secondary N) is 1. The van der Waals surface area contributed by atoms with Crippen molar-refractivity contribution in [2.45, 2.75) is 24.9 Å². The Balaban J connectivity index is 1.49. The molecule has 3 aromatic carbocycles. The predicted octanol–water partition coefficient (Wildman–Crippen LogP) is 6.54. The van der Waals surface area contributed by atoms with Gasteiger partial charge in [0.25, 0.3) is 0 Å². The molecule has 0 bridgehead atoms. The number of rotatable bonds is 6. The summed E-state index contributed by atoms with van der Waals surface area (Å²) < 4.78 is 29.1. The molecule has 4 nitrogen and oxygen atoms in total. The van der Waals surface area contributed by atoms with Crippen LogP contribution in [0.3, 0.4) is 0 Å². The Kier molecular flexibility index (Phi) is 6.53. The topological polar surface area (TPSA) is 45.2 Å². The van der Waals surface area contributed by atoms with Gasteiger partial charge in [-0.3, -0.25) is 9.78 Å². The van der Waals surface area contributed by atoms with Gasteiger partial charge in [-0.05, 0) is 59.9 Å². The van der Waals surface area contributed by atoms with E-state index in [1.165, 1.54) is 12.1 Å². The Labute approximate surface area is 203 Å². The molecule has 1 aliphatic heterocycles. The molecule has 2 heterocycles. The zero-order chi connectivity index (χ0) is 24.2. The average molecular weight is 470 g/mol. The fourth-order valence-electron chi connectivity index (χ4n) is 4.70. The molecule has 0 spiro atoms. The van der Waals surface area contributed by atoms with Crippen molar-refractivity contribution in [2.24, 2.45) is 0 Å². The van der Waals surface area contributed by atoms with E-state index in [1.807, 2.05) is 36.4 Å². The van der Waals surface area contributed by atoms with Crippen LogP contribution in [0.4, 0.5) is 14.5 Å². The van der Waals surface area contributed by atoms with Crippen molar-refractivity contribution < 1.29 is 13.6 Å². The van der Waals surface area contributed by atoms with Crippen LogP contribution in [0.15, 0.2) is 97.3 Å². The van der Waals surface area contributed by atoms with Gasteiger partial charge in [0, 0.05) is 24.5 Å². The van der Waals surface area contributed by atoms with Crippen molar-refractivity contribution >= 4 is 11.6 Å². The van der Waals surface area contributed by atoms with Crippen molar-refractivity contribution in [2.75, 3.05) is 11.9 Å². The van der Waals surface area contributed by atoms with E-state index in [-0.39, 0.29) is 23.5 Å². The van der Waals surface area contributed by atoms with Crippen LogP contribution in [-0.4, -0.2) is 22.3 Å². The fourth-order valence-corrected chi connectivity index (χ4v) is 4.70. The summed E-state index contributed by atoms with van der Waals surface area (Å²) in [6, 6.07) is 23.1. The number of halogens is 2. The summed E-state index contributed by atoms with van der Waals surface area (Å²) in [5, 5.41) is 3.12. The van der Waals surface area contributed by atoms with Crippen molar-refractivity contribution in [3.05, 3.63) is 120 Å². The van der Waals surface area contributed by atoms with Gasteiger partial charge in [0.15, 0.2) is 0 Å². The Morgan fingerprint density at radius 1 is 0.857 bits per heavy atom. The molecule has 0 radical (unpaired) electrons. The van der Waals surface area contributed by atoms with Crippen LogP contribution in [-0.2, 0) is 4.79 Å². The van der Waals surface area contributed by atoms with Gasteiger partial charge >= 0.3 is 0 Å². The first-order chi connectivity index (χ1) is 17.1. The minimum atomic E-state index is -0.828. The Morgan fingerprint density at radius 2 is 1.51 bits per heavy atom. The minimum absolute atomic E-state index is 0.212. The number of anilines is 1. The second-order valence-corrected chi connectivity index (χ2v) is 8.63. The number of carbonyl (C=O) groups is 1. The van der Waals surface area contributed by atoms with Crippen LogP contribution in [0.2, 0.25) is 0 Å². The number of para-hydroxylation sites is 1. The molecule has 1 aliphatic rings. The predicted molar refractivity (Wildman–Crippen MR) is 133 cm³/mol. The van der Waals surface area contributed by atoms with Gasteiger partial charge in [-0.15, -0.1) is 0 Å². The lowest BCUT2D eigenvalue weighted by atomic mass is 9.99. The molecule has 0 saturated carbocycles. The molecule has 5 rings (SSSR count). The molecule has 176 valence electrons. The monoisotopic (exact) mass is 469 g/mol. The summed E-state index contributed by atoms with van der Waals surface area (Å²) in [6.45, 7) is 0.516. The maximum atomic E-state index is 14.6. The molecule has 6 heteroatoms. The Bertz CT molecular complexity index is 1310. The molecule has 35 heavy (non-hydrogen) atoms. The van der Waals surface area contributed by atoms with Crippen LogP contribution >= 0.6 is 0 Å². The first-order valence-electron chi connectivity index (χ1n) is 11.7. The largest absolute Gasteiger partial charge is 0.368 e. The SMILES string of the molecule is O=C(C(Nc1ccccc1F)c1ccc(-c2ccncc2)cc1)N1CCC[C@H]1c1ccccc1F. The van der Waals surface area contributed by atoms with Gasteiger partial charge in [0.05, 0.1) is 11.7 Å². The van der Waals surface area contributed by atoms with Crippen LogP contribution in [0.25, 0.3) is 11.1 Å². The van der Waals surface area contributed by atoms with E-state index in [0.717, 1.165) is 17.5 Å². The Morgan fingerprint density at radius 3 is 2.23 bits per heavy atom. The molecule has 1 saturated heterocycles. The van der Waals surface area contributed by atoms with Gasteiger partial charge in [0.2, 0.25) is 5.91 Å². The molecule has 1 aromatic heterocycles. The highest BCUT2D eigenvalue weighted by atomic mass is 19.1. The van der Waals surface area contributed by atoms with Crippen LogP contribution in [0.1, 0.15) is 36.1 Å². The van der Waals surface area contributed by atoms with Crippen LogP contribution in [0, 0.1) is 11.6 Å². The number of benzene rings is 3. The van der Waals surface area contributed by atoms with Crippen LogP contribution < -0.4 is 5.32 Å². The first kappa shape index (κ1) is 22.7. The maximum Gasteiger partial charge on any atom is 0.250 e. The molecule has 4 aromatic rings. The lowest BCUT2D eigenvalue weighted by Crippen LogP contribution is -2.38. The van der Waals surface area contributed by atoms with Gasteiger partial charge < -0.3 is 10.2 Å². The van der Waals surface area contributed by atoms with E-state index < -0.39 is 11.9 Å². The van der Waals surface area contributed by atoms with Crippen molar-refractivity contribution in [3.63, 3.8) is 0 Å². The molecule has 1 N–H and O–H groups in total. The lowest BCUT2D eigenvalue weighted by Gasteiger charge is -2.30. The number of aromatic nitrogens is 1. The molecule has 1 fully saturated rings. The smallest absolute Gasteiger partial charge is 0.250 e. The molecular weight excluding hydrogens is 444 g/mol. The van der Waals surface area contributed by atoms with Gasteiger partial charge in [-0.1, -0.05) is 54.6 Å². The van der Waals surface area contributed by atoms with E-state index in [2.05, 4.69) is 10.3 Å². The normalized spacial score (nSPS) is 16.2. The first-order valence-corrected chi connectivity index (χ1v) is 11.7. The fraction of sp³-hybridized carbons (Fsp3) is 0.172. The van der Waals surface area contributed by atoms with Crippen molar-refractivity contribution in [1.29, 1.82) is 0 Å². The third kappa shape index (κ3) is 4.78. The second-order valence-electron chi connectivity index (χ2n) is 8.63. The molecule has 1 amide bonds. The average Bonchev–Trinajstić information content (AvgIpc) is 3.39. The van der Waals surface area contributed by atoms with E-state index >= 15 is 0 Å². The van der Waals surface area contributed by atoms with Gasteiger partial charge in [0.1, 0.15) is 17.7 Å². The van der Waals surface area contributed by atoms with Gasteiger partial charge in [-0.25, -0.2) is 8.78 Å². The Hall–Kier alpha value is -4.06. The minimum Gasteiger partial charge on any atom is -0.368 e. The van der Waals surface area contributed by atoms with E-state index in [4.69, 9.17) is 0 Å². The maximum absolute atomic E-state index is 14.6. The second kappa shape index (κ2) is 10.1. The number of likely N-dealkylation sites (tertiary alicyclic amines) is 1. The van der Waals surface area contributed by atoms with E-state index in [9.17, 15) is 13.6 Å². The molecule has 1 unspecified atom stereocenters. The standard InChI is InChI=1S/C29H25F2N3O/c30-24-7-2-1-6-23(24)27-10-5-19-34(27)29(35)28(33-26-9-4-3-8-25(26)31)22-13-11-20(12-14-22)21-15-17-32-18-16-21/h1-4,6-9,11-18,27-28,33H,5,10,19H2/t27-,28?/m0/s1. The lowest BCUT2D eigenvalue weighted by molar-refractivity contribution is -0.133. The summed E-state index contributed by atoms with van der Waals surface area (Å²) in [6.07, 6.45) is 4.91. The van der Waals surface area contributed by atoms with E-state index in [1.54, 1.807) is 53.7 Å². The number of carbonyl (C=O) groups excluding carboxylic acids is 1. The molecule has 2 atom stereocenters. The third-order valence-electron chi connectivity index (χ3n) is 6.48. The third-order valence-corrected chi connectivity index (χ3v) is 6.48. The van der Waals surface area contributed by atoms with Crippen molar-refractivity contribution in [1.82, 2.24) is 9.88 Å². The van der Waals surface area contributed by atoms with Crippen LogP contribution in [0.5, 0.6) is 0 Å². The van der Waals surface area contributed by atoms with Crippen molar-refractivity contribution in [3.8, 4) is 11.1 Å². The zero-order valence-corrected chi connectivity index (χ0v) is 19.1. The number of nitrogens with zero attached hydrogens (tertiary/aromatic N) is 2. The van der Waals surface area contributed by atoms with E-state index in [0.29, 0.717) is 24.1 Å². The highest BCUT2D eigenvalue weighted by Crippen LogP contribution is 2.36. The summed E-state index contributed by atoms with van der Waals surface area (Å²) in [7, 11) is 0. The summed E-state index contributed by atoms with van der Waals surface area (Å²) >= 11 is 0. The quantitative estimate of drug-likeness (QED) is 0.349. The zero-order valence-electron chi connectivity index (χ0n) is 19.1. The molecule has 0 aliphatic carbocycles. The molecular formula is C29H25F2N3O. The number of pyridine rings is 1. The van der Waals surface area contributed by atoms with Gasteiger partial charge in [-0.2, -0.15) is 0 Å².